The lowest BCUT2D eigenvalue weighted by molar-refractivity contribution is 0.0947. The van der Waals surface area contributed by atoms with Crippen molar-refractivity contribution < 1.29 is 17.4 Å². The first-order valence-corrected chi connectivity index (χ1v) is 10.1. The summed E-state index contributed by atoms with van der Waals surface area (Å²) in [4.78, 5) is 12.6. The molecule has 0 fully saturated rings. The van der Waals surface area contributed by atoms with Crippen LogP contribution in [0.5, 0.6) is 0 Å². The molecule has 1 aromatic heterocycles. The first kappa shape index (κ1) is 16.6. The molecule has 2 unspecified atom stereocenters. The third-order valence-corrected chi connectivity index (χ3v) is 5.82. The Hall–Kier alpha value is -0.440. The molecule has 0 saturated heterocycles. The number of amides is 1. The van der Waals surface area contributed by atoms with Crippen LogP contribution in [0, 0.1) is 6.92 Å². The second-order valence-electron chi connectivity index (χ2n) is 4.08. The second-order valence-corrected chi connectivity index (χ2v) is 9.35. The van der Waals surface area contributed by atoms with Crippen molar-refractivity contribution in [3.05, 3.63) is 15.8 Å². The molecular formula is C10H14ClNO4S3. The molecule has 0 aliphatic rings. The normalized spacial score (nSPS) is 14.9. The van der Waals surface area contributed by atoms with E-state index in [1.165, 1.54) is 6.07 Å². The van der Waals surface area contributed by atoms with Crippen LogP contribution in [0.25, 0.3) is 0 Å². The first-order valence-electron chi connectivity index (χ1n) is 5.27. The maximum atomic E-state index is 11.9. The van der Waals surface area contributed by atoms with Gasteiger partial charge in [0.2, 0.25) is 0 Å². The van der Waals surface area contributed by atoms with Gasteiger partial charge in [-0.2, -0.15) is 0 Å². The number of carbonyl (C=O) groups excluding carboxylic acids is 1. The Kier molecular flexibility index (Phi) is 5.54. The van der Waals surface area contributed by atoms with Crippen LogP contribution in [0.4, 0.5) is 0 Å². The molecule has 9 heteroatoms. The molecule has 1 N–H and O–H groups in total. The Labute approximate surface area is 123 Å². The average Bonchev–Trinajstić information content (AvgIpc) is 2.58. The SMILES string of the molecule is Cc1sc(C(=O)NC(C)CS(C)=O)cc1S(=O)(=O)Cl. The molecule has 0 aliphatic carbocycles. The molecule has 1 rings (SSSR count). The second kappa shape index (κ2) is 6.34. The smallest absolute Gasteiger partial charge is 0.262 e. The summed E-state index contributed by atoms with van der Waals surface area (Å²) in [6, 6.07) is 1.00. The molecule has 1 heterocycles. The quantitative estimate of drug-likeness (QED) is 0.821. The van der Waals surface area contributed by atoms with Crippen molar-refractivity contribution in [3.63, 3.8) is 0 Å². The van der Waals surface area contributed by atoms with Gasteiger partial charge in [0, 0.05) is 44.4 Å². The van der Waals surface area contributed by atoms with Gasteiger partial charge in [-0.3, -0.25) is 9.00 Å². The van der Waals surface area contributed by atoms with Gasteiger partial charge >= 0.3 is 0 Å². The fraction of sp³-hybridized carbons (Fsp3) is 0.500. The van der Waals surface area contributed by atoms with E-state index in [1.807, 2.05) is 0 Å². The van der Waals surface area contributed by atoms with Gasteiger partial charge in [0.15, 0.2) is 0 Å². The van der Waals surface area contributed by atoms with Gasteiger partial charge in [0.1, 0.15) is 0 Å². The van der Waals surface area contributed by atoms with Crippen molar-refractivity contribution in [1.29, 1.82) is 0 Å². The minimum absolute atomic E-state index is 0.0453. The van der Waals surface area contributed by atoms with Crippen molar-refractivity contribution in [2.75, 3.05) is 12.0 Å². The molecule has 5 nitrogen and oxygen atoms in total. The zero-order valence-electron chi connectivity index (χ0n) is 10.6. The van der Waals surface area contributed by atoms with Crippen LogP contribution in [0.3, 0.4) is 0 Å². The molecule has 0 aliphatic heterocycles. The van der Waals surface area contributed by atoms with Crippen molar-refractivity contribution >= 4 is 47.8 Å². The number of carbonyl (C=O) groups is 1. The minimum atomic E-state index is -3.84. The number of halogens is 1. The fourth-order valence-electron chi connectivity index (χ4n) is 1.51. The van der Waals surface area contributed by atoms with Gasteiger partial charge in [0.05, 0.1) is 9.77 Å². The Morgan fingerprint density at radius 1 is 1.58 bits per heavy atom. The standard InChI is InChI=1S/C10H14ClNO4S3/c1-6(5-18(3)14)12-10(13)8-4-9(7(2)17-8)19(11,15)16/h4,6H,5H2,1-3H3,(H,12,13). The van der Waals surface area contributed by atoms with E-state index in [2.05, 4.69) is 5.32 Å². The van der Waals surface area contributed by atoms with E-state index in [1.54, 1.807) is 20.1 Å². The lowest BCUT2D eigenvalue weighted by atomic mass is 10.3. The van der Waals surface area contributed by atoms with Crippen molar-refractivity contribution in [1.82, 2.24) is 5.32 Å². The van der Waals surface area contributed by atoms with E-state index in [-0.39, 0.29) is 15.8 Å². The van der Waals surface area contributed by atoms with Gasteiger partial charge in [0.25, 0.3) is 15.0 Å². The first-order chi connectivity index (χ1) is 8.61. The molecule has 1 amide bonds. The van der Waals surface area contributed by atoms with E-state index in [0.717, 1.165) is 11.3 Å². The predicted octanol–water partition coefficient (Wildman–Crippen LogP) is 1.48. The Morgan fingerprint density at radius 3 is 2.58 bits per heavy atom. The molecule has 0 bridgehead atoms. The minimum Gasteiger partial charge on any atom is -0.348 e. The van der Waals surface area contributed by atoms with E-state index < -0.39 is 25.8 Å². The van der Waals surface area contributed by atoms with Crippen LogP contribution in [-0.2, 0) is 19.9 Å². The molecule has 19 heavy (non-hydrogen) atoms. The number of rotatable bonds is 5. The average molecular weight is 344 g/mol. The number of nitrogens with one attached hydrogen (secondary N) is 1. The highest BCUT2D eigenvalue weighted by Gasteiger charge is 2.21. The van der Waals surface area contributed by atoms with Gasteiger partial charge in [-0.1, -0.05) is 0 Å². The highest BCUT2D eigenvalue weighted by Crippen LogP contribution is 2.28. The summed E-state index contributed by atoms with van der Waals surface area (Å²) >= 11 is 1.06. The summed E-state index contributed by atoms with van der Waals surface area (Å²) in [5.74, 6) is -0.0471. The summed E-state index contributed by atoms with van der Waals surface area (Å²) < 4.78 is 33.5. The molecule has 2 atom stereocenters. The summed E-state index contributed by atoms with van der Waals surface area (Å²) in [6.45, 7) is 3.32. The van der Waals surface area contributed by atoms with Crippen molar-refractivity contribution in [2.24, 2.45) is 0 Å². The molecule has 108 valence electrons. The number of hydrogen-bond donors (Lipinski definition) is 1. The largest absolute Gasteiger partial charge is 0.348 e. The van der Waals surface area contributed by atoms with E-state index in [9.17, 15) is 17.4 Å². The van der Waals surface area contributed by atoms with E-state index >= 15 is 0 Å². The summed E-state index contributed by atoms with van der Waals surface area (Å²) in [5, 5.41) is 2.66. The van der Waals surface area contributed by atoms with Crippen LogP contribution in [0.1, 0.15) is 21.5 Å². The molecule has 1 aromatic rings. The van der Waals surface area contributed by atoms with E-state index in [4.69, 9.17) is 10.7 Å². The molecule has 0 saturated carbocycles. The van der Waals surface area contributed by atoms with Crippen LogP contribution < -0.4 is 5.32 Å². The Bertz CT molecular complexity index is 608. The maximum Gasteiger partial charge on any atom is 0.262 e. The Morgan fingerprint density at radius 2 is 2.16 bits per heavy atom. The third-order valence-electron chi connectivity index (χ3n) is 2.22. The van der Waals surface area contributed by atoms with Gasteiger partial charge in [-0.15, -0.1) is 11.3 Å². The highest BCUT2D eigenvalue weighted by molar-refractivity contribution is 8.13. The lowest BCUT2D eigenvalue weighted by Gasteiger charge is -2.10. The molecule has 0 spiro atoms. The molecule has 0 radical (unpaired) electrons. The van der Waals surface area contributed by atoms with Crippen molar-refractivity contribution in [2.45, 2.75) is 24.8 Å². The zero-order valence-corrected chi connectivity index (χ0v) is 13.8. The van der Waals surface area contributed by atoms with Crippen LogP contribution in [0.2, 0.25) is 0 Å². The Balaban J connectivity index is 2.88. The summed E-state index contributed by atoms with van der Waals surface area (Å²) in [7, 11) is 0.414. The predicted molar refractivity (Wildman–Crippen MR) is 78.0 cm³/mol. The fourth-order valence-corrected chi connectivity index (χ4v) is 4.86. The van der Waals surface area contributed by atoms with Gasteiger partial charge < -0.3 is 5.32 Å². The monoisotopic (exact) mass is 343 g/mol. The van der Waals surface area contributed by atoms with Gasteiger partial charge in [-0.25, -0.2) is 8.42 Å². The molecule has 0 aromatic carbocycles. The third kappa shape index (κ3) is 4.87. The number of thiophene rings is 1. The summed E-state index contributed by atoms with van der Waals surface area (Å²) in [5.41, 5.74) is 0. The highest BCUT2D eigenvalue weighted by atomic mass is 35.7. The van der Waals surface area contributed by atoms with E-state index in [0.29, 0.717) is 10.6 Å². The summed E-state index contributed by atoms with van der Waals surface area (Å²) in [6.07, 6.45) is 1.55. The zero-order chi connectivity index (χ0) is 14.8. The van der Waals surface area contributed by atoms with Gasteiger partial charge in [-0.05, 0) is 19.9 Å². The number of aryl methyl sites for hydroxylation is 1. The van der Waals surface area contributed by atoms with Crippen LogP contribution in [-0.4, -0.2) is 36.6 Å². The number of hydrogen-bond acceptors (Lipinski definition) is 5. The van der Waals surface area contributed by atoms with Crippen molar-refractivity contribution in [3.8, 4) is 0 Å². The topological polar surface area (TPSA) is 80.3 Å². The van der Waals surface area contributed by atoms with Crippen LogP contribution >= 0.6 is 22.0 Å². The molecular weight excluding hydrogens is 330 g/mol. The lowest BCUT2D eigenvalue weighted by Crippen LogP contribution is -2.35. The maximum absolute atomic E-state index is 11.9. The van der Waals surface area contributed by atoms with Crippen LogP contribution in [0.15, 0.2) is 11.0 Å².